The molecule has 2 aromatic carbocycles. The van der Waals surface area contributed by atoms with E-state index in [1.165, 1.54) is 54.7 Å². The molecule has 1 atom stereocenters. The van der Waals surface area contributed by atoms with E-state index >= 15 is 0 Å². The fraction of sp³-hybridized carbons (Fsp3) is 0.417. The van der Waals surface area contributed by atoms with Gasteiger partial charge in [0, 0.05) is 49.4 Å². The van der Waals surface area contributed by atoms with Crippen LogP contribution in [0.25, 0.3) is 10.9 Å². The van der Waals surface area contributed by atoms with Gasteiger partial charge in [-0.1, -0.05) is 25.1 Å². The molecular weight excluding hydrogens is 344 g/mol. The maximum Gasteiger partial charge on any atom is 0.116 e. The summed E-state index contributed by atoms with van der Waals surface area (Å²) < 4.78 is 0. The van der Waals surface area contributed by atoms with Crippen LogP contribution in [0.2, 0.25) is 0 Å². The molecule has 0 radical (unpaired) electrons. The number of benzene rings is 2. The maximum atomic E-state index is 4.48. The van der Waals surface area contributed by atoms with Crippen molar-refractivity contribution in [2.75, 3.05) is 31.1 Å². The molecule has 3 heterocycles. The predicted octanol–water partition coefficient (Wildman–Crippen LogP) is 4.59. The van der Waals surface area contributed by atoms with Crippen LogP contribution in [-0.2, 0) is 6.54 Å². The Hall–Kier alpha value is -2.46. The monoisotopic (exact) mass is 372 g/mol. The van der Waals surface area contributed by atoms with E-state index in [0.717, 1.165) is 30.5 Å². The van der Waals surface area contributed by atoms with Gasteiger partial charge in [0.25, 0.3) is 0 Å². The number of piperidine rings is 1. The summed E-state index contributed by atoms with van der Waals surface area (Å²) in [4.78, 5) is 13.8. The fourth-order valence-electron chi connectivity index (χ4n) is 4.81. The van der Waals surface area contributed by atoms with Crippen molar-refractivity contribution in [3.05, 3.63) is 65.6 Å². The van der Waals surface area contributed by atoms with Crippen molar-refractivity contribution in [2.24, 2.45) is 0 Å². The van der Waals surface area contributed by atoms with Crippen molar-refractivity contribution in [3.63, 3.8) is 0 Å². The van der Waals surface area contributed by atoms with Crippen molar-refractivity contribution >= 4 is 16.6 Å². The van der Waals surface area contributed by atoms with Crippen LogP contribution < -0.4 is 4.90 Å². The Kier molecular flexibility index (Phi) is 4.73. The number of nitrogens with zero attached hydrogens (tertiary/aromatic N) is 4. The third-order valence-corrected chi connectivity index (χ3v) is 6.44. The second-order valence-corrected chi connectivity index (χ2v) is 8.15. The Morgan fingerprint density at radius 2 is 1.93 bits per heavy atom. The lowest BCUT2D eigenvalue weighted by molar-refractivity contribution is 0.253. The van der Waals surface area contributed by atoms with Gasteiger partial charge in [-0.05, 0) is 60.7 Å². The molecule has 1 saturated heterocycles. The lowest BCUT2D eigenvalue weighted by atomic mass is 9.84. The molecular formula is C24H28N4. The second-order valence-electron chi connectivity index (χ2n) is 8.15. The number of hydrogen-bond donors (Lipinski definition) is 0. The standard InChI is InChI=1S/C24H28N4/c1-2-27-15-20-12-21(28-10-4-3-5-11-28)8-9-22(20)23(16-27)18-6-7-19-14-25-17-26-24(19)13-18/h6-9,12-14,17,23H,2-5,10-11,15-16H2,1H3. The zero-order chi connectivity index (χ0) is 18.9. The molecule has 1 aromatic heterocycles. The molecule has 144 valence electrons. The first-order chi connectivity index (χ1) is 13.8. The first kappa shape index (κ1) is 17.6. The molecule has 0 spiro atoms. The summed E-state index contributed by atoms with van der Waals surface area (Å²) in [7, 11) is 0. The molecule has 0 N–H and O–H groups in total. The lowest BCUT2D eigenvalue weighted by Gasteiger charge is -2.36. The number of rotatable bonds is 3. The molecule has 28 heavy (non-hydrogen) atoms. The van der Waals surface area contributed by atoms with Gasteiger partial charge in [-0.2, -0.15) is 0 Å². The average molecular weight is 373 g/mol. The first-order valence-corrected chi connectivity index (χ1v) is 10.6. The smallest absolute Gasteiger partial charge is 0.116 e. The summed E-state index contributed by atoms with van der Waals surface area (Å²) in [5.74, 6) is 0.401. The highest BCUT2D eigenvalue weighted by Gasteiger charge is 2.27. The predicted molar refractivity (Wildman–Crippen MR) is 115 cm³/mol. The summed E-state index contributed by atoms with van der Waals surface area (Å²) >= 11 is 0. The van der Waals surface area contributed by atoms with Crippen LogP contribution in [0.4, 0.5) is 5.69 Å². The third-order valence-electron chi connectivity index (χ3n) is 6.44. The Morgan fingerprint density at radius 3 is 2.79 bits per heavy atom. The number of fused-ring (bicyclic) bond motifs is 2. The van der Waals surface area contributed by atoms with E-state index in [4.69, 9.17) is 0 Å². The minimum absolute atomic E-state index is 0.401. The summed E-state index contributed by atoms with van der Waals surface area (Å²) in [5.41, 5.74) is 6.77. The van der Waals surface area contributed by atoms with Gasteiger partial charge < -0.3 is 4.90 Å². The highest BCUT2D eigenvalue weighted by Crippen LogP contribution is 2.36. The number of aromatic nitrogens is 2. The van der Waals surface area contributed by atoms with Gasteiger partial charge in [-0.3, -0.25) is 4.90 Å². The van der Waals surface area contributed by atoms with Gasteiger partial charge in [0.1, 0.15) is 6.33 Å². The Bertz CT molecular complexity index is 977. The van der Waals surface area contributed by atoms with Crippen molar-refractivity contribution in [2.45, 2.75) is 38.6 Å². The van der Waals surface area contributed by atoms with Gasteiger partial charge >= 0.3 is 0 Å². The largest absolute Gasteiger partial charge is 0.372 e. The molecule has 2 aliphatic heterocycles. The molecule has 1 fully saturated rings. The van der Waals surface area contributed by atoms with Crippen molar-refractivity contribution in [1.29, 1.82) is 0 Å². The van der Waals surface area contributed by atoms with E-state index in [1.807, 2.05) is 6.20 Å². The van der Waals surface area contributed by atoms with Crippen LogP contribution in [0.1, 0.15) is 48.8 Å². The third kappa shape index (κ3) is 3.26. The van der Waals surface area contributed by atoms with Crippen LogP contribution in [0.15, 0.2) is 48.9 Å². The number of hydrogen-bond acceptors (Lipinski definition) is 4. The van der Waals surface area contributed by atoms with E-state index in [9.17, 15) is 0 Å². The Morgan fingerprint density at radius 1 is 1.04 bits per heavy atom. The van der Waals surface area contributed by atoms with Crippen molar-refractivity contribution < 1.29 is 0 Å². The molecule has 0 saturated carbocycles. The highest BCUT2D eigenvalue weighted by molar-refractivity contribution is 5.78. The van der Waals surface area contributed by atoms with E-state index in [2.05, 4.69) is 63.1 Å². The topological polar surface area (TPSA) is 32.3 Å². The summed E-state index contributed by atoms with van der Waals surface area (Å²) in [6.45, 7) is 7.88. The van der Waals surface area contributed by atoms with Crippen LogP contribution in [0, 0.1) is 0 Å². The molecule has 4 heteroatoms. The molecule has 0 amide bonds. The molecule has 5 rings (SSSR count). The van der Waals surface area contributed by atoms with Gasteiger partial charge in [0.05, 0.1) is 5.52 Å². The van der Waals surface area contributed by atoms with Crippen molar-refractivity contribution in [3.8, 4) is 0 Å². The van der Waals surface area contributed by atoms with Crippen molar-refractivity contribution in [1.82, 2.24) is 14.9 Å². The molecule has 1 unspecified atom stereocenters. The minimum atomic E-state index is 0.401. The zero-order valence-electron chi connectivity index (χ0n) is 16.6. The van der Waals surface area contributed by atoms with E-state index in [0.29, 0.717) is 5.92 Å². The van der Waals surface area contributed by atoms with E-state index in [1.54, 1.807) is 6.33 Å². The molecule has 0 bridgehead atoms. The summed E-state index contributed by atoms with van der Waals surface area (Å²) in [5, 5.41) is 1.11. The molecule has 0 aliphatic carbocycles. The van der Waals surface area contributed by atoms with Crippen LogP contribution in [0.5, 0.6) is 0 Å². The fourth-order valence-corrected chi connectivity index (χ4v) is 4.81. The SMILES string of the molecule is CCN1Cc2cc(N3CCCCC3)ccc2C(c2ccc3cncnc3c2)C1. The van der Waals surface area contributed by atoms with Gasteiger partial charge in [0.2, 0.25) is 0 Å². The van der Waals surface area contributed by atoms with Crippen LogP contribution in [0.3, 0.4) is 0 Å². The Labute approximate surface area is 167 Å². The van der Waals surface area contributed by atoms with Gasteiger partial charge in [-0.15, -0.1) is 0 Å². The average Bonchev–Trinajstić information content (AvgIpc) is 2.78. The number of likely N-dealkylation sites (N-methyl/N-ethyl adjacent to an activating group) is 1. The quantitative estimate of drug-likeness (QED) is 0.673. The first-order valence-electron chi connectivity index (χ1n) is 10.6. The number of anilines is 1. The zero-order valence-corrected chi connectivity index (χ0v) is 16.6. The molecule has 3 aromatic rings. The Balaban J connectivity index is 1.53. The highest BCUT2D eigenvalue weighted by atomic mass is 15.1. The molecule has 2 aliphatic rings. The van der Waals surface area contributed by atoms with Crippen LogP contribution in [-0.4, -0.2) is 41.0 Å². The van der Waals surface area contributed by atoms with E-state index < -0.39 is 0 Å². The van der Waals surface area contributed by atoms with Gasteiger partial charge in [-0.25, -0.2) is 9.97 Å². The second kappa shape index (κ2) is 7.51. The lowest BCUT2D eigenvalue weighted by Crippen LogP contribution is -2.34. The maximum absolute atomic E-state index is 4.48. The summed E-state index contributed by atoms with van der Waals surface area (Å²) in [6, 6.07) is 13.9. The van der Waals surface area contributed by atoms with Crippen LogP contribution >= 0.6 is 0 Å². The normalized spacial score (nSPS) is 20.3. The van der Waals surface area contributed by atoms with Gasteiger partial charge in [0.15, 0.2) is 0 Å². The summed E-state index contributed by atoms with van der Waals surface area (Å²) in [6.07, 6.45) is 7.55. The minimum Gasteiger partial charge on any atom is -0.372 e. The molecule has 4 nitrogen and oxygen atoms in total. The van der Waals surface area contributed by atoms with E-state index in [-0.39, 0.29) is 0 Å².